The molecule has 0 spiro atoms. The van der Waals surface area contributed by atoms with Gasteiger partial charge in [0, 0.05) is 43.6 Å². The lowest BCUT2D eigenvalue weighted by Crippen LogP contribution is -2.61. The Kier molecular flexibility index (Phi) is 6.35. The molecule has 2 fully saturated rings. The number of nitriles is 1. The molecule has 0 aliphatic carbocycles. The fraction of sp³-hybridized carbons (Fsp3) is 0.636. The highest BCUT2D eigenvalue weighted by atomic mass is 16.6. The van der Waals surface area contributed by atoms with Crippen LogP contribution < -0.4 is 5.32 Å². The topological polar surface area (TPSA) is 88.4 Å². The lowest BCUT2D eigenvalue weighted by molar-refractivity contribution is -0.894. The molecule has 1 aromatic rings. The number of benzene rings is 1. The van der Waals surface area contributed by atoms with Crippen molar-refractivity contribution in [3.8, 4) is 6.07 Å². The third-order valence-corrected chi connectivity index (χ3v) is 5.54. The molecule has 2 aliphatic rings. The average Bonchev–Trinajstić information content (AvgIpc) is 2.63. The Hall–Kier alpha value is -2.30. The van der Waals surface area contributed by atoms with E-state index in [2.05, 4.69) is 11.4 Å². The van der Waals surface area contributed by atoms with E-state index in [1.807, 2.05) is 32.9 Å². The zero-order valence-electron chi connectivity index (χ0n) is 17.7. The van der Waals surface area contributed by atoms with Gasteiger partial charge in [0.15, 0.2) is 0 Å². The van der Waals surface area contributed by atoms with Gasteiger partial charge in [0.05, 0.1) is 31.3 Å². The second-order valence-corrected chi connectivity index (χ2v) is 9.47. The van der Waals surface area contributed by atoms with Crippen LogP contribution in [0.5, 0.6) is 0 Å². The van der Waals surface area contributed by atoms with Crippen LogP contribution in [0.4, 0.5) is 10.5 Å². The van der Waals surface area contributed by atoms with Gasteiger partial charge in [0.25, 0.3) is 0 Å². The number of anilines is 1. The summed E-state index contributed by atoms with van der Waals surface area (Å²) < 4.78 is 5.35. The molecule has 1 N–H and O–H groups in total. The molecule has 2 saturated heterocycles. The Bertz CT molecular complexity index is 737. The molecule has 0 aromatic heterocycles. The van der Waals surface area contributed by atoms with E-state index < -0.39 is 5.60 Å². The predicted octanol–water partition coefficient (Wildman–Crippen LogP) is 3.56. The monoisotopic (exact) mass is 400 g/mol. The number of hydroxylamine groups is 3. The van der Waals surface area contributed by atoms with Gasteiger partial charge in [-0.2, -0.15) is 5.26 Å². The number of carbonyl (C=O) groups is 1. The fourth-order valence-corrected chi connectivity index (χ4v) is 4.52. The van der Waals surface area contributed by atoms with E-state index in [-0.39, 0.29) is 22.6 Å². The van der Waals surface area contributed by atoms with Crippen LogP contribution in [0, 0.1) is 28.4 Å². The van der Waals surface area contributed by atoms with Gasteiger partial charge >= 0.3 is 6.09 Å². The first kappa shape index (κ1) is 21.4. The Morgan fingerprint density at radius 2 is 1.90 bits per heavy atom. The van der Waals surface area contributed by atoms with Crippen LogP contribution in [-0.2, 0) is 4.74 Å². The van der Waals surface area contributed by atoms with Crippen molar-refractivity contribution in [2.75, 3.05) is 44.6 Å². The predicted molar refractivity (Wildman–Crippen MR) is 112 cm³/mol. The quantitative estimate of drug-likeness (QED) is 0.464. The summed E-state index contributed by atoms with van der Waals surface area (Å²) in [6.45, 7) is 9.34. The molecule has 1 amide bonds. The Labute approximate surface area is 173 Å². The van der Waals surface area contributed by atoms with Gasteiger partial charge in [-0.3, -0.25) is 0 Å². The molecule has 29 heavy (non-hydrogen) atoms. The molecular weight excluding hydrogens is 368 g/mol. The number of rotatable bonds is 5. The van der Waals surface area contributed by atoms with Gasteiger partial charge < -0.3 is 24.8 Å². The van der Waals surface area contributed by atoms with Crippen molar-refractivity contribution in [2.45, 2.75) is 39.2 Å². The summed E-state index contributed by atoms with van der Waals surface area (Å²) in [7, 11) is 0. The number of hydrogen-bond donors (Lipinski definition) is 1. The van der Waals surface area contributed by atoms with Gasteiger partial charge in [-0.1, -0.05) is 0 Å². The third kappa shape index (κ3) is 6.09. The van der Waals surface area contributed by atoms with Crippen molar-refractivity contribution in [3.63, 3.8) is 0 Å². The van der Waals surface area contributed by atoms with Gasteiger partial charge in [0.1, 0.15) is 5.60 Å². The molecule has 2 bridgehead atoms. The highest BCUT2D eigenvalue weighted by Crippen LogP contribution is 2.33. The highest BCUT2D eigenvalue weighted by Gasteiger charge is 2.41. The SMILES string of the molecule is CC(C)(C)OC(=O)N1CC2CC(C1)C[N+]([O-])(CCCNc1ccc(C#N)cc1)C2. The van der Waals surface area contributed by atoms with Gasteiger partial charge in [-0.25, -0.2) is 4.79 Å². The summed E-state index contributed by atoms with van der Waals surface area (Å²) in [5, 5.41) is 25.4. The van der Waals surface area contributed by atoms with Crippen LogP contribution in [0.25, 0.3) is 0 Å². The van der Waals surface area contributed by atoms with E-state index in [1.165, 1.54) is 0 Å². The molecule has 7 heteroatoms. The Morgan fingerprint density at radius 3 is 2.45 bits per heavy atom. The first-order valence-corrected chi connectivity index (χ1v) is 10.4. The minimum Gasteiger partial charge on any atom is -0.633 e. The Balaban J connectivity index is 1.45. The molecule has 2 aliphatic heterocycles. The molecule has 1 aromatic carbocycles. The molecule has 2 atom stereocenters. The number of nitrogens with zero attached hydrogens (tertiary/aromatic N) is 3. The lowest BCUT2D eigenvalue weighted by Gasteiger charge is -2.54. The van der Waals surface area contributed by atoms with Crippen LogP contribution in [-0.4, -0.2) is 60.5 Å². The van der Waals surface area contributed by atoms with Crippen molar-refractivity contribution >= 4 is 11.8 Å². The molecule has 0 radical (unpaired) electrons. The lowest BCUT2D eigenvalue weighted by atomic mass is 9.84. The zero-order valence-corrected chi connectivity index (χ0v) is 17.7. The van der Waals surface area contributed by atoms with Crippen molar-refractivity contribution in [1.29, 1.82) is 5.26 Å². The molecule has 7 nitrogen and oxygen atoms in total. The maximum Gasteiger partial charge on any atom is 0.410 e. The van der Waals surface area contributed by atoms with Crippen LogP contribution in [0.2, 0.25) is 0 Å². The summed E-state index contributed by atoms with van der Waals surface area (Å²) in [5.74, 6) is 0.498. The number of quaternary nitrogens is 1. The third-order valence-electron chi connectivity index (χ3n) is 5.54. The number of carbonyl (C=O) groups excluding carboxylic acids is 1. The summed E-state index contributed by atoms with van der Waals surface area (Å²) in [4.78, 5) is 14.2. The number of piperidine rings is 2. The molecule has 3 rings (SSSR count). The summed E-state index contributed by atoms with van der Waals surface area (Å²) in [5.41, 5.74) is 1.11. The zero-order chi connectivity index (χ0) is 21.1. The molecule has 2 unspecified atom stereocenters. The standard InChI is InChI=1S/C22H32N4O3/c1-22(2,3)29-21(27)25-13-18-11-19(14-25)16-26(28,15-18)10-4-9-24-20-7-5-17(12-23)6-8-20/h5-8,18-19,24H,4,9-11,13-16H2,1-3H3. The van der Waals surface area contributed by atoms with Gasteiger partial charge in [-0.15, -0.1) is 0 Å². The number of likely N-dealkylation sites (tertiary alicyclic amines) is 2. The van der Waals surface area contributed by atoms with E-state index in [0.29, 0.717) is 38.3 Å². The van der Waals surface area contributed by atoms with E-state index in [0.717, 1.165) is 25.1 Å². The minimum atomic E-state index is -0.496. The number of amides is 1. The Morgan fingerprint density at radius 1 is 1.28 bits per heavy atom. The maximum absolute atomic E-state index is 13.3. The number of nitrogens with one attached hydrogen (secondary N) is 1. The van der Waals surface area contributed by atoms with Crippen LogP contribution in [0.3, 0.4) is 0 Å². The normalized spacial score (nSPS) is 26.5. The van der Waals surface area contributed by atoms with E-state index in [1.54, 1.807) is 17.0 Å². The molecule has 158 valence electrons. The van der Waals surface area contributed by atoms with Crippen molar-refractivity contribution in [2.24, 2.45) is 11.8 Å². The molecule has 0 saturated carbocycles. The summed E-state index contributed by atoms with van der Waals surface area (Å²) in [6.07, 6.45) is 1.56. The first-order chi connectivity index (χ1) is 13.7. The maximum atomic E-state index is 13.3. The smallest absolute Gasteiger partial charge is 0.410 e. The minimum absolute atomic E-state index is 0.160. The van der Waals surface area contributed by atoms with E-state index >= 15 is 0 Å². The van der Waals surface area contributed by atoms with Crippen molar-refractivity contribution in [3.05, 3.63) is 35.0 Å². The van der Waals surface area contributed by atoms with E-state index in [9.17, 15) is 10.0 Å². The average molecular weight is 401 g/mol. The van der Waals surface area contributed by atoms with E-state index in [4.69, 9.17) is 10.00 Å². The molecule has 2 heterocycles. The first-order valence-electron chi connectivity index (χ1n) is 10.4. The highest BCUT2D eigenvalue weighted by molar-refractivity contribution is 5.68. The van der Waals surface area contributed by atoms with Crippen LogP contribution in [0.15, 0.2) is 24.3 Å². The second-order valence-electron chi connectivity index (χ2n) is 9.47. The van der Waals surface area contributed by atoms with Crippen LogP contribution >= 0.6 is 0 Å². The number of fused-ring (bicyclic) bond motifs is 2. The number of ether oxygens (including phenoxy) is 1. The summed E-state index contributed by atoms with van der Waals surface area (Å²) >= 11 is 0. The van der Waals surface area contributed by atoms with Crippen molar-refractivity contribution < 1.29 is 14.2 Å². The van der Waals surface area contributed by atoms with Gasteiger partial charge in [0.2, 0.25) is 0 Å². The second kappa shape index (κ2) is 8.60. The van der Waals surface area contributed by atoms with Crippen molar-refractivity contribution in [1.82, 2.24) is 4.90 Å². The summed E-state index contributed by atoms with van der Waals surface area (Å²) in [6, 6.07) is 9.44. The fourth-order valence-electron chi connectivity index (χ4n) is 4.52. The van der Waals surface area contributed by atoms with Gasteiger partial charge in [-0.05, 0) is 51.5 Å². The van der Waals surface area contributed by atoms with Crippen LogP contribution in [0.1, 0.15) is 39.2 Å². The number of hydrogen-bond acceptors (Lipinski definition) is 5. The molecular formula is C22H32N4O3. The largest absolute Gasteiger partial charge is 0.633 e.